The molecular formula is C20H17F2N5O3S2. The summed E-state index contributed by atoms with van der Waals surface area (Å²) in [6, 6.07) is 4.65. The molecule has 32 heavy (non-hydrogen) atoms. The zero-order valence-electron chi connectivity index (χ0n) is 16.6. The normalized spacial score (nSPS) is 16.2. The van der Waals surface area contributed by atoms with Crippen LogP contribution in [-0.2, 0) is 16.1 Å². The molecular weight excluding hydrogens is 460 g/mol. The largest absolute Gasteiger partial charge is 0.376 e. The molecule has 1 amide bonds. The Bertz CT molecular complexity index is 1380. The molecule has 1 aliphatic heterocycles. The first-order chi connectivity index (χ1) is 15.5. The lowest BCUT2D eigenvalue weighted by Crippen LogP contribution is -2.28. The standard InChI is InChI=1S/C20H17F2N5O3S2/c21-11-3-4-13(22)14(8-11)23-16(28)10-32-20-25-24-19-26(9-12-2-1-6-30-12)18(29)17-15(27(19)20)5-7-31-17/h3-5,7-8,12H,1-2,6,9-10H2,(H,23,28)/t12-/m0/s1. The van der Waals surface area contributed by atoms with E-state index in [-0.39, 0.29) is 23.1 Å². The van der Waals surface area contributed by atoms with Crippen molar-refractivity contribution in [2.24, 2.45) is 0 Å². The van der Waals surface area contributed by atoms with Crippen LogP contribution in [0.2, 0.25) is 0 Å². The van der Waals surface area contributed by atoms with Crippen LogP contribution in [0.15, 0.2) is 39.6 Å². The number of benzene rings is 1. The average molecular weight is 478 g/mol. The number of nitrogens with one attached hydrogen (secondary N) is 1. The summed E-state index contributed by atoms with van der Waals surface area (Å²) < 4.78 is 36.7. The number of carbonyl (C=O) groups is 1. The molecule has 0 unspecified atom stereocenters. The Labute approximate surface area is 188 Å². The smallest absolute Gasteiger partial charge is 0.272 e. The molecule has 4 aromatic rings. The topological polar surface area (TPSA) is 90.5 Å². The number of thioether (sulfide) groups is 1. The van der Waals surface area contributed by atoms with Gasteiger partial charge in [0.2, 0.25) is 11.7 Å². The first-order valence-corrected chi connectivity index (χ1v) is 11.7. The van der Waals surface area contributed by atoms with E-state index in [1.165, 1.54) is 11.3 Å². The van der Waals surface area contributed by atoms with Gasteiger partial charge in [0.1, 0.15) is 16.3 Å². The third-order valence-electron chi connectivity index (χ3n) is 5.13. The summed E-state index contributed by atoms with van der Waals surface area (Å²) in [5, 5.41) is 13.0. The van der Waals surface area contributed by atoms with E-state index >= 15 is 0 Å². The van der Waals surface area contributed by atoms with E-state index in [4.69, 9.17) is 4.74 Å². The van der Waals surface area contributed by atoms with E-state index in [1.54, 1.807) is 15.0 Å². The van der Waals surface area contributed by atoms with Crippen LogP contribution in [0.25, 0.3) is 16.0 Å². The Morgan fingerprint density at radius 1 is 1.31 bits per heavy atom. The van der Waals surface area contributed by atoms with Crippen LogP contribution in [0.4, 0.5) is 14.5 Å². The summed E-state index contributed by atoms with van der Waals surface area (Å²) in [5.74, 6) is -1.63. The zero-order valence-corrected chi connectivity index (χ0v) is 18.2. The molecule has 1 saturated heterocycles. The maximum absolute atomic E-state index is 13.8. The highest BCUT2D eigenvalue weighted by molar-refractivity contribution is 7.99. The van der Waals surface area contributed by atoms with Gasteiger partial charge < -0.3 is 10.1 Å². The van der Waals surface area contributed by atoms with Crippen molar-refractivity contribution in [1.82, 2.24) is 19.2 Å². The molecule has 4 heterocycles. The third kappa shape index (κ3) is 3.89. The van der Waals surface area contributed by atoms with Crippen molar-refractivity contribution in [1.29, 1.82) is 0 Å². The van der Waals surface area contributed by atoms with Crippen molar-refractivity contribution in [2.75, 3.05) is 17.7 Å². The van der Waals surface area contributed by atoms with Crippen LogP contribution >= 0.6 is 23.1 Å². The lowest BCUT2D eigenvalue weighted by atomic mass is 10.2. The monoisotopic (exact) mass is 477 g/mol. The van der Waals surface area contributed by atoms with Gasteiger partial charge in [-0.25, -0.2) is 8.78 Å². The molecule has 1 aromatic carbocycles. The number of anilines is 1. The SMILES string of the molecule is O=C(CSc1nnc2n(C[C@@H]3CCCO3)c(=O)c3sccc3n12)Nc1cc(F)ccc1F. The number of ether oxygens (including phenoxy) is 1. The number of nitrogens with zero attached hydrogens (tertiary/aromatic N) is 4. The molecule has 5 rings (SSSR count). The minimum Gasteiger partial charge on any atom is -0.376 e. The number of rotatable bonds is 6. The van der Waals surface area contributed by atoms with E-state index in [0.717, 1.165) is 42.8 Å². The maximum atomic E-state index is 13.8. The molecule has 8 nitrogen and oxygen atoms in total. The second-order valence-corrected chi connectivity index (χ2v) is 9.12. The first kappa shape index (κ1) is 21.0. The van der Waals surface area contributed by atoms with Gasteiger partial charge in [0.15, 0.2) is 5.16 Å². The molecule has 0 aliphatic carbocycles. The van der Waals surface area contributed by atoms with Gasteiger partial charge in [-0.1, -0.05) is 11.8 Å². The van der Waals surface area contributed by atoms with Crippen molar-refractivity contribution >= 4 is 50.7 Å². The van der Waals surface area contributed by atoms with Crippen LogP contribution in [0.5, 0.6) is 0 Å². The van der Waals surface area contributed by atoms with E-state index < -0.39 is 17.5 Å². The van der Waals surface area contributed by atoms with Gasteiger partial charge in [-0.05, 0) is 36.4 Å². The molecule has 3 aromatic heterocycles. The highest BCUT2D eigenvalue weighted by Gasteiger charge is 2.23. The van der Waals surface area contributed by atoms with Crippen molar-refractivity contribution in [2.45, 2.75) is 30.6 Å². The van der Waals surface area contributed by atoms with Crippen LogP contribution in [0.1, 0.15) is 12.8 Å². The quantitative estimate of drug-likeness (QED) is 0.429. The van der Waals surface area contributed by atoms with Crippen molar-refractivity contribution < 1.29 is 18.3 Å². The minimum atomic E-state index is -0.726. The predicted octanol–water partition coefficient (Wildman–Crippen LogP) is 3.29. The summed E-state index contributed by atoms with van der Waals surface area (Å²) >= 11 is 2.41. The fourth-order valence-corrected chi connectivity index (χ4v) is 5.22. The summed E-state index contributed by atoms with van der Waals surface area (Å²) in [5.41, 5.74) is 0.274. The summed E-state index contributed by atoms with van der Waals surface area (Å²) in [6.45, 7) is 1.05. The molecule has 166 valence electrons. The Kier molecular flexibility index (Phi) is 5.66. The second-order valence-electron chi connectivity index (χ2n) is 7.26. The highest BCUT2D eigenvalue weighted by Crippen LogP contribution is 2.25. The second kappa shape index (κ2) is 8.60. The number of halogens is 2. The molecule has 1 atom stereocenters. The fourth-order valence-electron chi connectivity index (χ4n) is 3.66. The number of hydrogen-bond donors (Lipinski definition) is 1. The van der Waals surface area contributed by atoms with Crippen LogP contribution < -0.4 is 10.9 Å². The summed E-state index contributed by atoms with van der Waals surface area (Å²) in [4.78, 5) is 25.4. The predicted molar refractivity (Wildman–Crippen MR) is 117 cm³/mol. The molecule has 0 spiro atoms. The van der Waals surface area contributed by atoms with E-state index in [0.29, 0.717) is 34.3 Å². The molecule has 1 N–H and O–H groups in total. The number of thiophene rings is 1. The molecule has 1 aliphatic rings. The number of hydrogen-bond acceptors (Lipinski definition) is 7. The van der Waals surface area contributed by atoms with Crippen molar-refractivity contribution in [3.63, 3.8) is 0 Å². The summed E-state index contributed by atoms with van der Waals surface area (Å²) in [6.07, 6.45) is 1.76. The van der Waals surface area contributed by atoms with Crippen molar-refractivity contribution in [3.05, 3.63) is 51.6 Å². The van der Waals surface area contributed by atoms with Gasteiger partial charge in [-0.2, -0.15) is 0 Å². The van der Waals surface area contributed by atoms with Gasteiger partial charge in [-0.15, -0.1) is 21.5 Å². The van der Waals surface area contributed by atoms with Gasteiger partial charge in [0.05, 0.1) is 29.6 Å². The molecule has 12 heteroatoms. The van der Waals surface area contributed by atoms with E-state index in [9.17, 15) is 18.4 Å². The number of amides is 1. The molecule has 0 bridgehead atoms. The minimum absolute atomic E-state index is 0.0614. The molecule has 0 radical (unpaired) electrons. The summed E-state index contributed by atoms with van der Waals surface area (Å²) in [7, 11) is 0. The third-order valence-corrected chi connectivity index (χ3v) is 6.95. The number of aromatic nitrogens is 4. The van der Waals surface area contributed by atoms with Crippen LogP contribution in [0.3, 0.4) is 0 Å². The van der Waals surface area contributed by atoms with Crippen molar-refractivity contribution in [3.8, 4) is 0 Å². The lowest BCUT2D eigenvalue weighted by Gasteiger charge is -2.13. The Balaban J connectivity index is 1.43. The molecule has 1 fully saturated rings. The first-order valence-electron chi connectivity index (χ1n) is 9.85. The van der Waals surface area contributed by atoms with Gasteiger partial charge in [0, 0.05) is 12.7 Å². The highest BCUT2D eigenvalue weighted by atomic mass is 32.2. The Morgan fingerprint density at radius 2 is 2.19 bits per heavy atom. The van der Waals surface area contributed by atoms with E-state index in [1.807, 2.05) is 5.38 Å². The Hall–Kier alpha value is -2.83. The average Bonchev–Trinajstić information content (AvgIpc) is 3.52. The molecule has 0 saturated carbocycles. The zero-order chi connectivity index (χ0) is 22.2. The van der Waals surface area contributed by atoms with E-state index in [2.05, 4.69) is 15.5 Å². The van der Waals surface area contributed by atoms with Gasteiger partial charge >= 0.3 is 0 Å². The maximum Gasteiger partial charge on any atom is 0.272 e. The fraction of sp³-hybridized carbons (Fsp3) is 0.300. The lowest BCUT2D eigenvalue weighted by molar-refractivity contribution is -0.113. The van der Waals surface area contributed by atoms with Gasteiger partial charge in [0.25, 0.3) is 5.56 Å². The number of fused-ring (bicyclic) bond motifs is 3. The Morgan fingerprint density at radius 3 is 3.00 bits per heavy atom. The number of carbonyl (C=O) groups excluding carboxylic acids is 1. The van der Waals surface area contributed by atoms with Gasteiger partial charge in [-0.3, -0.25) is 18.6 Å². The van der Waals surface area contributed by atoms with Crippen LogP contribution in [0, 0.1) is 11.6 Å². The van der Waals surface area contributed by atoms with Crippen LogP contribution in [-0.4, -0.2) is 43.5 Å².